The molecule has 0 fully saturated rings. The molecule has 0 unspecified atom stereocenters. The summed E-state index contributed by atoms with van der Waals surface area (Å²) in [5, 5.41) is 3.02. The van der Waals surface area contributed by atoms with Gasteiger partial charge in [-0.05, 0) is 48.7 Å². The first-order chi connectivity index (χ1) is 20.5. The van der Waals surface area contributed by atoms with Gasteiger partial charge in [0.1, 0.15) is 18.3 Å². The monoisotopic (exact) mass is 611 g/mol. The van der Waals surface area contributed by atoms with Crippen LogP contribution in [0.1, 0.15) is 31.4 Å². The van der Waals surface area contributed by atoms with Gasteiger partial charge in [-0.3, -0.25) is 13.9 Å². The zero-order valence-electron chi connectivity index (χ0n) is 25.6. The Morgan fingerprint density at radius 1 is 0.860 bits per heavy atom. The lowest BCUT2D eigenvalue weighted by Gasteiger charge is -2.34. The predicted octanol–water partition coefficient (Wildman–Crippen LogP) is 4.03. The van der Waals surface area contributed by atoms with Gasteiger partial charge in [-0.25, -0.2) is 8.42 Å². The van der Waals surface area contributed by atoms with Crippen molar-refractivity contribution < 1.29 is 32.2 Å². The van der Waals surface area contributed by atoms with Gasteiger partial charge in [0, 0.05) is 25.1 Å². The van der Waals surface area contributed by atoms with Gasteiger partial charge >= 0.3 is 0 Å². The van der Waals surface area contributed by atoms with Crippen LogP contribution in [0.5, 0.6) is 17.2 Å². The first-order valence-corrected chi connectivity index (χ1v) is 15.8. The fourth-order valence-corrected chi connectivity index (χ4v) is 5.40. The molecule has 0 heterocycles. The molecule has 0 spiro atoms. The van der Waals surface area contributed by atoms with E-state index in [1.165, 1.54) is 25.2 Å². The third-order valence-electron chi connectivity index (χ3n) is 7.09. The van der Waals surface area contributed by atoms with Crippen LogP contribution in [0.3, 0.4) is 0 Å². The van der Waals surface area contributed by atoms with Gasteiger partial charge in [0.25, 0.3) is 0 Å². The number of ether oxygens (including phenoxy) is 3. The van der Waals surface area contributed by atoms with Crippen molar-refractivity contribution in [3.63, 3.8) is 0 Å². The first-order valence-electron chi connectivity index (χ1n) is 14.0. The Bertz CT molecular complexity index is 1480. The van der Waals surface area contributed by atoms with Crippen molar-refractivity contribution in [1.82, 2.24) is 10.2 Å². The van der Waals surface area contributed by atoms with Crippen molar-refractivity contribution >= 4 is 27.5 Å². The van der Waals surface area contributed by atoms with E-state index in [0.717, 1.165) is 21.7 Å². The highest BCUT2D eigenvalue weighted by atomic mass is 32.2. The van der Waals surface area contributed by atoms with E-state index in [1.54, 1.807) is 37.4 Å². The van der Waals surface area contributed by atoms with Crippen molar-refractivity contribution in [2.75, 3.05) is 38.4 Å². The van der Waals surface area contributed by atoms with E-state index >= 15 is 0 Å². The maximum atomic E-state index is 14.3. The molecular weight excluding hydrogens is 570 g/mol. The van der Waals surface area contributed by atoms with Crippen LogP contribution in [-0.4, -0.2) is 71.3 Å². The molecule has 3 aromatic rings. The van der Waals surface area contributed by atoms with Gasteiger partial charge in [0.15, 0.2) is 11.5 Å². The zero-order chi connectivity index (χ0) is 31.6. The first kappa shape index (κ1) is 33.3. The van der Waals surface area contributed by atoms with Crippen molar-refractivity contribution in [2.45, 2.75) is 45.3 Å². The second-order valence-corrected chi connectivity index (χ2v) is 12.1. The summed E-state index contributed by atoms with van der Waals surface area (Å²) in [6.45, 7) is 3.36. The lowest BCUT2D eigenvalue weighted by molar-refractivity contribution is -0.140. The summed E-state index contributed by atoms with van der Waals surface area (Å²) in [6, 6.07) is 20.2. The second-order valence-electron chi connectivity index (χ2n) is 10.2. The van der Waals surface area contributed by atoms with Crippen LogP contribution in [0.4, 0.5) is 5.69 Å². The van der Waals surface area contributed by atoms with E-state index in [0.29, 0.717) is 23.7 Å². The molecule has 0 aliphatic heterocycles. The van der Waals surface area contributed by atoms with E-state index in [2.05, 4.69) is 5.32 Å². The number of methoxy groups -OCH3 is 3. The summed E-state index contributed by atoms with van der Waals surface area (Å²) in [4.78, 5) is 29.5. The molecular formula is C32H41N3O7S. The topological polar surface area (TPSA) is 114 Å². The van der Waals surface area contributed by atoms with Crippen LogP contribution in [0.2, 0.25) is 0 Å². The second kappa shape index (κ2) is 15.3. The lowest BCUT2D eigenvalue weighted by Crippen LogP contribution is -2.54. The maximum absolute atomic E-state index is 14.3. The third-order valence-corrected chi connectivity index (χ3v) is 8.23. The summed E-state index contributed by atoms with van der Waals surface area (Å²) in [7, 11) is 0.532. The van der Waals surface area contributed by atoms with Crippen LogP contribution < -0.4 is 23.8 Å². The largest absolute Gasteiger partial charge is 0.497 e. The summed E-state index contributed by atoms with van der Waals surface area (Å²) < 4.78 is 43.2. The Kier molecular flexibility index (Phi) is 11.8. The molecule has 11 heteroatoms. The number of nitrogens with zero attached hydrogens (tertiary/aromatic N) is 2. The number of rotatable bonds is 15. The molecule has 2 atom stereocenters. The van der Waals surface area contributed by atoms with Crippen molar-refractivity contribution in [3.8, 4) is 17.2 Å². The number of nitrogens with one attached hydrogen (secondary N) is 1. The summed E-state index contributed by atoms with van der Waals surface area (Å²) in [6.07, 6.45) is 1.96. The third kappa shape index (κ3) is 9.12. The number of hydrogen-bond acceptors (Lipinski definition) is 7. The molecule has 0 bridgehead atoms. The Morgan fingerprint density at radius 3 is 2.14 bits per heavy atom. The SMILES string of the molecule is CC[C@@H](C)NC(=O)[C@H](Cc1ccccc1)N(Cc1cccc(OC)c1)C(=O)CN(c1ccc(OC)c(OC)c1)S(C)(=O)=O. The van der Waals surface area contributed by atoms with E-state index in [1.807, 2.05) is 50.2 Å². The number of carbonyl (C=O) groups is 2. The van der Waals surface area contributed by atoms with E-state index < -0.39 is 28.5 Å². The highest BCUT2D eigenvalue weighted by Crippen LogP contribution is 2.32. The lowest BCUT2D eigenvalue weighted by atomic mass is 10.0. The molecule has 0 saturated heterocycles. The highest BCUT2D eigenvalue weighted by Gasteiger charge is 2.33. The molecule has 0 radical (unpaired) electrons. The minimum absolute atomic E-state index is 0.0466. The number of benzene rings is 3. The number of anilines is 1. The number of hydrogen-bond donors (Lipinski definition) is 1. The Morgan fingerprint density at radius 2 is 1.53 bits per heavy atom. The molecule has 43 heavy (non-hydrogen) atoms. The summed E-state index contributed by atoms with van der Waals surface area (Å²) in [5.74, 6) is 0.436. The highest BCUT2D eigenvalue weighted by molar-refractivity contribution is 7.92. The molecule has 3 rings (SSSR count). The minimum Gasteiger partial charge on any atom is -0.497 e. The predicted molar refractivity (Wildman–Crippen MR) is 167 cm³/mol. The molecule has 232 valence electrons. The Balaban J connectivity index is 2.10. The molecule has 0 aliphatic carbocycles. The minimum atomic E-state index is -3.93. The van der Waals surface area contributed by atoms with E-state index in [9.17, 15) is 18.0 Å². The molecule has 2 amide bonds. The van der Waals surface area contributed by atoms with Crippen LogP contribution >= 0.6 is 0 Å². The number of sulfonamides is 1. The Hall–Kier alpha value is -4.25. The number of amides is 2. The summed E-state index contributed by atoms with van der Waals surface area (Å²) in [5.41, 5.74) is 1.80. The van der Waals surface area contributed by atoms with Crippen LogP contribution in [0.15, 0.2) is 72.8 Å². The molecule has 1 N–H and O–H groups in total. The van der Waals surface area contributed by atoms with Gasteiger partial charge in [0.05, 0.1) is 33.3 Å². The molecule has 0 saturated carbocycles. The molecule has 10 nitrogen and oxygen atoms in total. The van der Waals surface area contributed by atoms with E-state index in [-0.39, 0.29) is 30.6 Å². The maximum Gasteiger partial charge on any atom is 0.244 e. The van der Waals surface area contributed by atoms with Gasteiger partial charge in [-0.2, -0.15) is 0 Å². The van der Waals surface area contributed by atoms with Crippen LogP contribution in [0, 0.1) is 0 Å². The van der Waals surface area contributed by atoms with Gasteiger partial charge in [0.2, 0.25) is 21.8 Å². The van der Waals surface area contributed by atoms with Gasteiger partial charge in [-0.15, -0.1) is 0 Å². The fourth-order valence-electron chi connectivity index (χ4n) is 4.56. The smallest absolute Gasteiger partial charge is 0.244 e. The average molecular weight is 612 g/mol. The van der Waals surface area contributed by atoms with Crippen molar-refractivity contribution in [3.05, 3.63) is 83.9 Å². The van der Waals surface area contributed by atoms with Gasteiger partial charge < -0.3 is 24.4 Å². The number of carbonyl (C=O) groups excluding carboxylic acids is 2. The van der Waals surface area contributed by atoms with Crippen LogP contribution in [0.25, 0.3) is 0 Å². The van der Waals surface area contributed by atoms with Crippen LogP contribution in [-0.2, 0) is 32.6 Å². The van der Waals surface area contributed by atoms with E-state index in [4.69, 9.17) is 14.2 Å². The molecule has 0 aromatic heterocycles. The van der Waals surface area contributed by atoms with Crippen molar-refractivity contribution in [2.24, 2.45) is 0 Å². The fraction of sp³-hybridized carbons (Fsp3) is 0.375. The Labute approximate surface area is 254 Å². The molecule has 0 aliphatic rings. The normalized spacial score (nSPS) is 12.5. The van der Waals surface area contributed by atoms with Crippen molar-refractivity contribution in [1.29, 1.82) is 0 Å². The van der Waals surface area contributed by atoms with Gasteiger partial charge in [-0.1, -0.05) is 49.4 Å². The zero-order valence-corrected chi connectivity index (χ0v) is 26.4. The summed E-state index contributed by atoms with van der Waals surface area (Å²) >= 11 is 0. The standard InChI is InChI=1S/C32H41N3O7S/c1-7-23(2)33-32(37)28(19-24-12-9-8-10-13-24)34(21-25-14-11-15-27(18-25)40-3)31(36)22-35(43(6,38)39)26-16-17-29(41-4)30(20-26)42-5/h8-18,20,23,28H,7,19,21-22H2,1-6H3,(H,33,37)/t23-,28+/m1/s1. The quantitative estimate of drug-likeness (QED) is 0.276. The average Bonchev–Trinajstić information content (AvgIpc) is 3.00. The molecule has 3 aromatic carbocycles.